The third-order valence-corrected chi connectivity index (χ3v) is 5.15. The fraction of sp³-hybridized carbons (Fsp3) is 1.00. The van der Waals surface area contributed by atoms with Crippen LogP contribution in [0, 0.1) is 5.92 Å². The monoisotopic (exact) mass is 203 g/mol. The van der Waals surface area contributed by atoms with Crippen molar-refractivity contribution in [3.63, 3.8) is 0 Å². The van der Waals surface area contributed by atoms with Crippen LogP contribution in [0.15, 0.2) is 0 Å². The largest absolute Gasteiger partial charge is 0.330 e. The van der Waals surface area contributed by atoms with Crippen molar-refractivity contribution >= 4 is 10.8 Å². The van der Waals surface area contributed by atoms with Crippen molar-refractivity contribution in [2.24, 2.45) is 11.7 Å². The fourth-order valence-electron chi connectivity index (χ4n) is 2.01. The summed E-state index contributed by atoms with van der Waals surface area (Å²) in [6.45, 7) is 6.85. The summed E-state index contributed by atoms with van der Waals surface area (Å²) in [7, 11) is -0.723. The SMILES string of the molecule is CC(C)(C)S(=O)C1CCCC1CN. The molecular weight excluding hydrogens is 182 g/mol. The van der Waals surface area contributed by atoms with Crippen LogP contribution in [-0.4, -0.2) is 20.8 Å². The van der Waals surface area contributed by atoms with E-state index in [-0.39, 0.29) is 4.75 Å². The van der Waals surface area contributed by atoms with Gasteiger partial charge in [-0.05, 0) is 46.1 Å². The average molecular weight is 203 g/mol. The first-order valence-electron chi connectivity index (χ1n) is 5.07. The van der Waals surface area contributed by atoms with Crippen molar-refractivity contribution in [3.8, 4) is 0 Å². The van der Waals surface area contributed by atoms with E-state index in [1.807, 2.05) is 0 Å². The molecule has 0 aromatic carbocycles. The number of hydrogen-bond acceptors (Lipinski definition) is 2. The Morgan fingerprint density at radius 3 is 2.46 bits per heavy atom. The topological polar surface area (TPSA) is 43.1 Å². The molecule has 1 fully saturated rings. The van der Waals surface area contributed by atoms with Gasteiger partial charge in [0, 0.05) is 20.8 Å². The van der Waals surface area contributed by atoms with Crippen LogP contribution >= 0.6 is 0 Å². The van der Waals surface area contributed by atoms with E-state index in [2.05, 4.69) is 20.8 Å². The molecule has 1 saturated carbocycles. The minimum absolute atomic E-state index is 0.0809. The second kappa shape index (κ2) is 4.09. The third kappa shape index (κ3) is 2.53. The highest BCUT2D eigenvalue weighted by Crippen LogP contribution is 2.33. The maximum Gasteiger partial charge on any atom is 0.0393 e. The van der Waals surface area contributed by atoms with Crippen molar-refractivity contribution < 1.29 is 4.21 Å². The van der Waals surface area contributed by atoms with E-state index in [0.29, 0.717) is 17.7 Å². The molecule has 0 aromatic heterocycles. The van der Waals surface area contributed by atoms with Crippen molar-refractivity contribution in [1.82, 2.24) is 0 Å². The standard InChI is InChI=1S/C10H21NOS/c1-10(2,3)13(12)9-6-4-5-8(9)7-11/h8-9H,4-7,11H2,1-3H3. The molecule has 13 heavy (non-hydrogen) atoms. The summed E-state index contributed by atoms with van der Waals surface area (Å²) in [5.41, 5.74) is 5.67. The zero-order chi connectivity index (χ0) is 10.1. The molecule has 2 nitrogen and oxygen atoms in total. The Hall–Kier alpha value is 0.110. The molecule has 1 aliphatic carbocycles. The second-order valence-electron chi connectivity index (χ2n) is 4.87. The highest BCUT2D eigenvalue weighted by molar-refractivity contribution is 7.87. The van der Waals surface area contributed by atoms with E-state index in [1.54, 1.807) is 0 Å². The molecule has 0 heterocycles. The quantitative estimate of drug-likeness (QED) is 0.741. The summed E-state index contributed by atoms with van der Waals surface area (Å²) in [4.78, 5) is 0. The predicted molar refractivity (Wildman–Crippen MR) is 58.1 cm³/mol. The van der Waals surface area contributed by atoms with Gasteiger partial charge < -0.3 is 5.73 Å². The molecule has 1 aliphatic rings. The Balaban J connectivity index is 2.66. The lowest BCUT2D eigenvalue weighted by Gasteiger charge is -2.26. The van der Waals surface area contributed by atoms with Crippen molar-refractivity contribution in [3.05, 3.63) is 0 Å². The molecule has 3 atom stereocenters. The second-order valence-corrected chi connectivity index (χ2v) is 7.30. The van der Waals surface area contributed by atoms with Crippen LogP contribution in [0.25, 0.3) is 0 Å². The molecule has 0 aliphatic heterocycles. The van der Waals surface area contributed by atoms with E-state index < -0.39 is 10.8 Å². The summed E-state index contributed by atoms with van der Waals surface area (Å²) in [6, 6.07) is 0. The van der Waals surface area contributed by atoms with Gasteiger partial charge in [0.25, 0.3) is 0 Å². The number of rotatable bonds is 2. The zero-order valence-electron chi connectivity index (χ0n) is 8.88. The van der Waals surface area contributed by atoms with Crippen LogP contribution in [0.2, 0.25) is 0 Å². The first kappa shape index (κ1) is 11.2. The van der Waals surface area contributed by atoms with Gasteiger partial charge in [-0.25, -0.2) is 0 Å². The van der Waals surface area contributed by atoms with Gasteiger partial charge in [-0.15, -0.1) is 0 Å². The van der Waals surface area contributed by atoms with Crippen LogP contribution in [0.1, 0.15) is 40.0 Å². The Labute approximate surface area is 83.7 Å². The minimum Gasteiger partial charge on any atom is -0.330 e. The molecule has 0 radical (unpaired) electrons. The van der Waals surface area contributed by atoms with E-state index in [1.165, 1.54) is 12.8 Å². The first-order chi connectivity index (χ1) is 5.96. The van der Waals surface area contributed by atoms with Crippen molar-refractivity contribution in [2.75, 3.05) is 6.54 Å². The molecule has 0 bridgehead atoms. The van der Waals surface area contributed by atoms with Gasteiger partial charge in [-0.1, -0.05) is 6.42 Å². The summed E-state index contributed by atoms with van der Waals surface area (Å²) >= 11 is 0. The van der Waals surface area contributed by atoms with E-state index in [9.17, 15) is 4.21 Å². The van der Waals surface area contributed by atoms with E-state index in [0.717, 1.165) is 6.42 Å². The zero-order valence-corrected chi connectivity index (χ0v) is 9.69. The lowest BCUT2D eigenvalue weighted by Crippen LogP contribution is -2.36. The lowest BCUT2D eigenvalue weighted by molar-refractivity contribution is 0.546. The predicted octanol–water partition coefficient (Wildman–Crippen LogP) is 1.66. The molecular formula is C10H21NOS. The van der Waals surface area contributed by atoms with Gasteiger partial charge in [0.15, 0.2) is 0 Å². The van der Waals surface area contributed by atoms with Crippen LogP contribution in [-0.2, 0) is 10.8 Å². The highest BCUT2D eigenvalue weighted by Gasteiger charge is 2.36. The summed E-state index contributed by atoms with van der Waals surface area (Å²) in [6.07, 6.45) is 3.48. The number of nitrogens with two attached hydrogens (primary N) is 1. The van der Waals surface area contributed by atoms with Gasteiger partial charge in [0.1, 0.15) is 0 Å². The maximum atomic E-state index is 12.1. The molecule has 3 heteroatoms. The van der Waals surface area contributed by atoms with Gasteiger partial charge in [0.05, 0.1) is 0 Å². The molecule has 78 valence electrons. The molecule has 1 rings (SSSR count). The lowest BCUT2D eigenvalue weighted by atomic mass is 10.1. The Morgan fingerprint density at radius 2 is 2.00 bits per heavy atom. The van der Waals surface area contributed by atoms with Crippen LogP contribution in [0.4, 0.5) is 0 Å². The van der Waals surface area contributed by atoms with Gasteiger partial charge in [-0.2, -0.15) is 0 Å². The minimum atomic E-state index is -0.723. The Kier molecular flexibility index (Phi) is 3.52. The third-order valence-electron chi connectivity index (χ3n) is 2.77. The smallest absolute Gasteiger partial charge is 0.0393 e. The van der Waals surface area contributed by atoms with Crippen molar-refractivity contribution in [2.45, 2.75) is 50.0 Å². The normalized spacial score (nSPS) is 32.0. The maximum absolute atomic E-state index is 12.1. The molecule has 0 saturated heterocycles. The average Bonchev–Trinajstić information content (AvgIpc) is 2.48. The van der Waals surface area contributed by atoms with Crippen LogP contribution < -0.4 is 5.73 Å². The van der Waals surface area contributed by atoms with Crippen LogP contribution in [0.3, 0.4) is 0 Å². The van der Waals surface area contributed by atoms with Crippen LogP contribution in [0.5, 0.6) is 0 Å². The summed E-state index contributed by atoms with van der Waals surface area (Å²) < 4.78 is 12.0. The molecule has 3 unspecified atom stereocenters. The molecule has 0 amide bonds. The first-order valence-corrected chi connectivity index (χ1v) is 6.29. The Bertz CT molecular complexity index is 198. The number of hydrogen-bond donors (Lipinski definition) is 1. The van der Waals surface area contributed by atoms with E-state index >= 15 is 0 Å². The Morgan fingerprint density at radius 1 is 1.38 bits per heavy atom. The molecule has 0 aromatic rings. The fourth-order valence-corrected chi connectivity index (χ4v) is 3.89. The summed E-state index contributed by atoms with van der Waals surface area (Å²) in [5.74, 6) is 0.500. The van der Waals surface area contributed by atoms with Gasteiger partial charge >= 0.3 is 0 Å². The van der Waals surface area contributed by atoms with Gasteiger partial charge in [-0.3, -0.25) is 4.21 Å². The highest BCUT2D eigenvalue weighted by atomic mass is 32.2. The molecule has 0 spiro atoms. The van der Waals surface area contributed by atoms with Gasteiger partial charge in [0.2, 0.25) is 0 Å². The summed E-state index contributed by atoms with van der Waals surface area (Å²) in [5, 5.41) is 0.352. The molecule has 2 N–H and O–H groups in total. The van der Waals surface area contributed by atoms with Crippen molar-refractivity contribution in [1.29, 1.82) is 0 Å². The van der Waals surface area contributed by atoms with E-state index in [4.69, 9.17) is 5.73 Å².